The molecule has 1 fully saturated rings. The summed E-state index contributed by atoms with van der Waals surface area (Å²) in [6, 6.07) is 8.47. The standard InChI is InChI=1S/C18H23N3O2/c1-11-4-3-5-13-10-16(18(19)23)21(17(11)13)15-8-6-14(7-9-15)20-12(2)22/h3-5,10,14-15H,6-9H2,1-2H3,(H2,19,23)(H,20,22). The van der Waals surface area contributed by atoms with Gasteiger partial charge in [-0.1, -0.05) is 18.2 Å². The number of fused-ring (bicyclic) bond motifs is 1. The van der Waals surface area contributed by atoms with Gasteiger partial charge in [0.25, 0.3) is 5.91 Å². The molecule has 0 radical (unpaired) electrons. The number of nitrogens with one attached hydrogen (secondary N) is 1. The number of amides is 2. The summed E-state index contributed by atoms with van der Waals surface area (Å²) >= 11 is 0. The molecule has 1 aliphatic rings. The first-order valence-corrected chi connectivity index (χ1v) is 8.15. The number of aromatic nitrogens is 1. The van der Waals surface area contributed by atoms with Crippen molar-refractivity contribution in [3.63, 3.8) is 0 Å². The lowest BCUT2D eigenvalue weighted by Gasteiger charge is -2.31. The van der Waals surface area contributed by atoms with Crippen LogP contribution in [-0.2, 0) is 4.79 Å². The average molecular weight is 313 g/mol. The molecule has 0 bridgehead atoms. The molecule has 0 atom stereocenters. The lowest BCUT2D eigenvalue weighted by Crippen LogP contribution is -2.37. The molecule has 2 amide bonds. The molecule has 1 aliphatic carbocycles. The summed E-state index contributed by atoms with van der Waals surface area (Å²) in [5.41, 5.74) is 8.45. The van der Waals surface area contributed by atoms with Gasteiger partial charge in [0, 0.05) is 24.4 Å². The molecule has 1 aromatic carbocycles. The van der Waals surface area contributed by atoms with Gasteiger partial charge in [-0.2, -0.15) is 0 Å². The monoisotopic (exact) mass is 313 g/mol. The molecular weight excluding hydrogens is 290 g/mol. The van der Waals surface area contributed by atoms with Crippen LogP contribution in [0.25, 0.3) is 10.9 Å². The average Bonchev–Trinajstić information content (AvgIpc) is 2.88. The van der Waals surface area contributed by atoms with Crippen LogP contribution in [0.2, 0.25) is 0 Å². The summed E-state index contributed by atoms with van der Waals surface area (Å²) in [6.07, 6.45) is 3.72. The van der Waals surface area contributed by atoms with E-state index in [1.807, 2.05) is 18.2 Å². The highest BCUT2D eigenvalue weighted by Gasteiger charge is 2.27. The minimum absolute atomic E-state index is 0.0218. The quantitative estimate of drug-likeness (QED) is 0.914. The largest absolute Gasteiger partial charge is 0.364 e. The van der Waals surface area contributed by atoms with Crippen LogP contribution < -0.4 is 11.1 Å². The molecule has 2 aromatic rings. The minimum atomic E-state index is -0.385. The van der Waals surface area contributed by atoms with E-state index in [0.717, 1.165) is 42.1 Å². The number of hydrogen-bond acceptors (Lipinski definition) is 2. The molecule has 5 nitrogen and oxygen atoms in total. The number of nitrogens with two attached hydrogens (primary N) is 1. The van der Waals surface area contributed by atoms with Crippen molar-refractivity contribution < 1.29 is 9.59 Å². The first-order chi connectivity index (χ1) is 11.0. The van der Waals surface area contributed by atoms with Crippen molar-refractivity contribution in [2.45, 2.75) is 51.6 Å². The molecule has 3 N–H and O–H groups in total. The number of carbonyl (C=O) groups is 2. The Morgan fingerprint density at radius 1 is 1.22 bits per heavy atom. The fraction of sp³-hybridized carbons (Fsp3) is 0.444. The van der Waals surface area contributed by atoms with Gasteiger partial charge in [-0.15, -0.1) is 0 Å². The van der Waals surface area contributed by atoms with Crippen LogP contribution in [0.5, 0.6) is 0 Å². The Hall–Kier alpha value is -2.30. The number of rotatable bonds is 3. The Kier molecular flexibility index (Phi) is 4.11. The van der Waals surface area contributed by atoms with Crippen LogP contribution in [0, 0.1) is 6.92 Å². The zero-order valence-corrected chi connectivity index (χ0v) is 13.6. The normalized spacial score (nSPS) is 21.3. The highest BCUT2D eigenvalue weighted by Crippen LogP contribution is 2.35. The van der Waals surface area contributed by atoms with E-state index < -0.39 is 0 Å². The number of para-hydroxylation sites is 1. The Morgan fingerprint density at radius 2 is 1.91 bits per heavy atom. The highest BCUT2D eigenvalue weighted by molar-refractivity contribution is 5.98. The van der Waals surface area contributed by atoms with Crippen LogP contribution in [0.4, 0.5) is 0 Å². The van der Waals surface area contributed by atoms with Crippen molar-refractivity contribution >= 4 is 22.7 Å². The third-order valence-corrected chi connectivity index (χ3v) is 4.78. The van der Waals surface area contributed by atoms with Crippen LogP contribution in [0.1, 0.15) is 54.7 Å². The molecular formula is C18H23N3O2. The van der Waals surface area contributed by atoms with E-state index in [2.05, 4.69) is 22.9 Å². The van der Waals surface area contributed by atoms with E-state index in [9.17, 15) is 9.59 Å². The number of aryl methyl sites for hydroxylation is 1. The lowest BCUT2D eigenvalue weighted by atomic mass is 9.90. The van der Waals surface area contributed by atoms with Gasteiger partial charge in [-0.25, -0.2) is 0 Å². The molecule has 23 heavy (non-hydrogen) atoms. The molecule has 1 aromatic heterocycles. The molecule has 0 saturated heterocycles. The Morgan fingerprint density at radius 3 is 2.52 bits per heavy atom. The molecule has 0 aliphatic heterocycles. The van der Waals surface area contributed by atoms with E-state index in [1.54, 1.807) is 6.92 Å². The molecule has 3 rings (SSSR count). The molecule has 1 heterocycles. The Labute approximate surface area is 135 Å². The second-order valence-corrected chi connectivity index (χ2v) is 6.48. The van der Waals surface area contributed by atoms with Gasteiger partial charge in [-0.3, -0.25) is 9.59 Å². The molecule has 5 heteroatoms. The predicted molar refractivity (Wildman–Crippen MR) is 90.3 cm³/mol. The third kappa shape index (κ3) is 2.96. The van der Waals surface area contributed by atoms with Gasteiger partial charge in [0.15, 0.2) is 0 Å². The number of carbonyl (C=O) groups excluding carboxylic acids is 2. The van der Waals surface area contributed by atoms with Gasteiger partial charge in [0.2, 0.25) is 5.91 Å². The van der Waals surface area contributed by atoms with Crippen LogP contribution in [-0.4, -0.2) is 22.4 Å². The van der Waals surface area contributed by atoms with Crippen molar-refractivity contribution in [2.75, 3.05) is 0 Å². The van der Waals surface area contributed by atoms with E-state index >= 15 is 0 Å². The molecule has 0 unspecified atom stereocenters. The van der Waals surface area contributed by atoms with Gasteiger partial charge in [-0.05, 0) is 44.2 Å². The lowest BCUT2D eigenvalue weighted by molar-refractivity contribution is -0.119. The summed E-state index contributed by atoms with van der Waals surface area (Å²) in [5, 5.41) is 4.05. The van der Waals surface area contributed by atoms with Crippen molar-refractivity contribution in [3.8, 4) is 0 Å². The van der Waals surface area contributed by atoms with Crippen LogP contribution in [0.15, 0.2) is 24.3 Å². The first-order valence-electron chi connectivity index (χ1n) is 8.15. The minimum Gasteiger partial charge on any atom is -0.364 e. The van der Waals surface area contributed by atoms with E-state index in [0.29, 0.717) is 5.69 Å². The summed E-state index contributed by atoms with van der Waals surface area (Å²) in [5.74, 6) is -0.363. The predicted octanol–water partition coefficient (Wildman–Crippen LogP) is 2.67. The van der Waals surface area contributed by atoms with Crippen molar-refractivity contribution in [2.24, 2.45) is 5.73 Å². The highest BCUT2D eigenvalue weighted by atomic mass is 16.1. The summed E-state index contributed by atoms with van der Waals surface area (Å²) in [4.78, 5) is 23.1. The Bertz CT molecular complexity index is 755. The third-order valence-electron chi connectivity index (χ3n) is 4.78. The fourth-order valence-electron chi connectivity index (χ4n) is 3.80. The number of benzene rings is 1. The second kappa shape index (κ2) is 6.07. The topological polar surface area (TPSA) is 77.1 Å². The fourth-order valence-corrected chi connectivity index (χ4v) is 3.80. The number of hydrogen-bond donors (Lipinski definition) is 2. The van der Waals surface area contributed by atoms with Crippen LogP contribution >= 0.6 is 0 Å². The maximum atomic E-state index is 11.9. The summed E-state index contributed by atoms with van der Waals surface area (Å²) < 4.78 is 2.12. The first kappa shape index (κ1) is 15.6. The van der Waals surface area contributed by atoms with Crippen molar-refractivity contribution in [1.29, 1.82) is 0 Å². The van der Waals surface area contributed by atoms with E-state index in [4.69, 9.17) is 5.73 Å². The summed E-state index contributed by atoms with van der Waals surface area (Å²) in [7, 11) is 0. The van der Waals surface area contributed by atoms with Gasteiger partial charge in [0.05, 0.1) is 5.52 Å². The van der Waals surface area contributed by atoms with Crippen LogP contribution in [0.3, 0.4) is 0 Å². The van der Waals surface area contributed by atoms with Gasteiger partial charge >= 0.3 is 0 Å². The van der Waals surface area contributed by atoms with Gasteiger partial charge < -0.3 is 15.6 Å². The number of nitrogens with zero attached hydrogens (tertiary/aromatic N) is 1. The zero-order chi connectivity index (χ0) is 16.6. The maximum Gasteiger partial charge on any atom is 0.265 e. The smallest absolute Gasteiger partial charge is 0.265 e. The molecule has 1 saturated carbocycles. The number of primary amides is 1. The zero-order valence-electron chi connectivity index (χ0n) is 13.6. The molecule has 0 spiro atoms. The maximum absolute atomic E-state index is 11.9. The van der Waals surface area contributed by atoms with Crippen molar-refractivity contribution in [3.05, 3.63) is 35.5 Å². The Balaban J connectivity index is 1.95. The second-order valence-electron chi connectivity index (χ2n) is 6.48. The van der Waals surface area contributed by atoms with Gasteiger partial charge in [0.1, 0.15) is 5.69 Å². The van der Waals surface area contributed by atoms with Crippen molar-refractivity contribution in [1.82, 2.24) is 9.88 Å². The SMILES string of the molecule is CC(=O)NC1CCC(n2c(C(N)=O)cc3cccc(C)c32)CC1. The van der Waals surface area contributed by atoms with E-state index in [1.165, 1.54) is 0 Å². The molecule has 122 valence electrons. The summed E-state index contributed by atoms with van der Waals surface area (Å²) in [6.45, 7) is 3.62. The van der Waals surface area contributed by atoms with E-state index in [-0.39, 0.29) is 23.9 Å².